The second-order valence-corrected chi connectivity index (χ2v) is 8.32. The van der Waals surface area contributed by atoms with E-state index in [4.69, 9.17) is 9.47 Å². The third-order valence-corrected chi connectivity index (χ3v) is 3.37. The summed E-state index contributed by atoms with van der Waals surface area (Å²) in [6, 6.07) is 6.46. The van der Waals surface area contributed by atoms with Gasteiger partial charge in [-0.15, -0.1) is 0 Å². The summed E-state index contributed by atoms with van der Waals surface area (Å²) in [5.41, 5.74) is -0.162. The molecule has 0 saturated heterocycles. The van der Waals surface area contributed by atoms with E-state index in [9.17, 15) is 19.6 Å². The SMILES string of the molecule is CC.CC(C)(C)OC(=O)CC(CC(=O)OC(C)(C)C)c1ccc(B(O)O)cc1. The first-order valence-electron chi connectivity index (χ1n) is 9.66. The van der Waals surface area contributed by atoms with E-state index < -0.39 is 36.2 Å². The molecular formula is C21H35BO6. The lowest BCUT2D eigenvalue weighted by Crippen LogP contribution is -2.30. The highest BCUT2D eigenvalue weighted by Gasteiger charge is 2.26. The third kappa shape index (κ3) is 11.1. The molecule has 0 amide bonds. The van der Waals surface area contributed by atoms with E-state index in [-0.39, 0.29) is 12.8 Å². The van der Waals surface area contributed by atoms with Crippen molar-refractivity contribution in [2.24, 2.45) is 0 Å². The lowest BCUT2D eigenvalue weighted by atomic mass is 9.79. The topological polar surface area (TPSA) is 93.1 Å². The van der Waals surface area contributed by atoms with Crippen molar-refractivity contribution >= 4 is 24.5 Å². The van der Waals surface area contributed by atoms with Gasteiger partial charge < -0.3 is 19.5 Å². The number of ether oxygens (including phenoxy) is 2. The summed E-state index contributed by atoms with van der Waals surface area (Å²) in [5, 5.41) is 18.4. The van der Waals surface area contributed by atoms with E-state index in [0.29, 0.717) is 5.46 Å². The molecule has 158 valence electrons. The van der Waals surface area contributed by atoms with Crippen LogP contribution >= 0.6 is 0 Å². The van der Waals surface area contributed by atoms with Gasteiger partial charge in [-0.05, 0) is 52.6 Å². The molecule has 7 heteroatoms. The average Bonchev–Trinajstić information content (AvgIpc) is 2.52. The summed E-state index contributed by atoms with van der Waals surface area (Å²) in [7, 11) is -1.57. The van der Waals surface area contributed by atoms with Crippen molar-refractivity contribution < 1.29 is 29.1 Å². The summed E-state index contributed by atoms with van der Waals surface area (Å²) in [6.45, 7) is 14.7. The number of hydrogen-bond acceptors (Lipinski definition) is 6. The summed E-state index contributed by atoms with van der Waals surface area (Å²) in [5.74, 6) is -1.24. The maximum atomic E-state index is 12.2. The van der Waals surface area contributed by atoms with Gasteiger partial charge in [0.2, 0.25) is 0 Å². The molecule has 2 N–H and O–H groups in total. The third-order valence-electron chi connectivity index (χ3n) is 3.37. The van der Waals surface area contributed by atoms with E-state index in [2.05, 4.69) is 0 Å². The summed E-state index contributed by atoms with van der Waals surface area (Å²) >= 11 is 0. The van der Waals surface area contributed by atoms with Gasteiger partial charge in [0.1, 0.15) is 11.2 Å². The summed E-state index contributed by atoms with van der Waals surface area (Å²) in [6.07, 6.45) is 0.0507. The Morgan fingerprint density at radius 2 is 1.21 bits per heavy atom. The first kappa shape index (κ1) is 26.1. The Kier molecular flexibility index (Phi) is 10.5. The molecule has 28 heavy (non-hydrogen) atoms. The van der Waals surface area contributed by atoms with E-state index in [1.165, 1.54) is 0 Å². The van der Waals surface area contributed by atoms with Crippen molar-refractivity contribution in [3.8, 4) is 0 Å². The van der Waals surface area contributed by atoms with Crippen molar-refractivity contribution in [3.63, 3.8) is 0 Å². The molecule has 0 fully saturated rings. The zero-order valence-electron chi connectivity index (χ0n) is 18.4. The second-order valence-electron chi connectivity index (χ2n) is 8.32. The molecule has 0 aliphatic rings. The van der Waals surface area contributed by atoms with Crippen LogP contribution in [0.25, 0.3) is 0 Å². The minimum atomic E-state index is -1.57. The Morgan fingerprint density at radius 1 is 0.857 bits per heavy atom. The summed E-state index contributed by atoms with van der Waals surface area (Å²) < 4.78 is 10.7. The van der Waals surface area contributed by atoms with Crippen molar-refractivity contribution in [1.82, 2.24) is 0 Å². The maximum absolute atomic E-state index is 12.2. The number of esters is 2. The molecule has 0 heterocycles. The molecule has 6 nitrogen and oxygen atoms in total. The van der Waals surface area contributed by atoms with Crippen LogP contribution in [0.4, 0.5) is 0 Å². The zero-order chi connectivity index (χ0) is 22.1. The van der Waals surface area contributed by atoms with Crippen molar-refractivity contribution in [1.29, 1.82) is 0 Å². The van der Waals surface area contributed by atoms with Crippen LogP contribution in [0, 0.1) is 0 Å². The van der Waals surface area contributed by atoms with Gasteiger partial charge in [-0.3, -0.25) is 9.59 Å². The maximum Gasteiger partial charge on any atom is 0.488 e. The van der Waals surface area contributed by atoms with Crippen LogP contribution in [0.1, 0.15) is 79.7 Å². The average molecular weight is 394 g/mol. The molecule has 0 aliphatic heterocycles. The Labute approximate surface area is 169 Å². The molecule has 0 saturated carbocycles. The van der Waals surface area contributed by atoms with Gasteiger partial charge in [0.25, 0.3) is 0 Å². The quantitative estimate of drug-likeness (QED) is 0.569. The van der Waals surface area contributed by atoms with Crippen LogP contribution in [0.2, 0.25) is 0 Å². The molecule has 0 aliphatic carbocycles. The number of hydrogen-bond donors (Lipinski definition) is 2. The molecule has 0 radical (unpaired) electrons. The van der Waals surface area contributed by atoms with Crippen LogP contribution in [-0.2, 0) is 19.1 Å². The second kappa shape index (κ2) is 11.2. The van der Waals surface area contributed by atoms with Gasteiger partial charge in [0.05, 0.1) is 12.8 Å². The fourth-order valence-corrected chi connectivity index (χ4v) is 2.42. The molecule has 0 bridgehead atoms. The van der Waals surface area contributed by atoms with Crippen molar-refractivity contribution in [2.45, 2.75) is 85.4 Å². The number of carbonyl (C=O) groups is 2. The normalized spacial score (nSPS) is 11.4. The van der Waals surface area contributed by atoms with Gasteiger partial charge in [0, 0.05) is 5.92 Å². The number of rotatable bonds is 6. The van der Waals surface area contributed by atoms with Crippen LogP contribution in [0.3, 0.4) is 0 Å². The summed E-state index contributed by atoms with van der Waals surface area (Å²) in [4.78, 5) is 24.5. The Morgan fingerprint density at radius 3 is 1.50 bits per heavy atom. The Hall–Kier alpha value is -1.86. The van der Waals surface area contributed by atoms with Crippen molar-refractivity contribution in [3.05, 3.63) is 29.8 Å². The van der Waals surface area contributed by atoms with E-state index >= 15 is 0 Å². The molecular weight excluding hydrogens is 359 g/mol. The van der Waals surface area contributed by atoms with Crippen molar-refractivity contribution in [2.75, 3.05) is 0 Å². The van der Waals surface area contributed by atoms with E-state index in [1.807, 2.05) is 13.8 Å². The fraction of sp³-hybridized carbons (Fsp3) is 0.619. The zero-order valence-corrected chi connectivity index (χ0v) is 18.4. The molecule has 0 atom stereocenters. The largest absolute Gasteiger partial charge is 0.488 e. The minimum Gasteiger partial charge on any atom is -0.460 e. The molecule has 1 aromatic rings. The minimum absolute atomic E-state index is 0.0253. The monoisotopic (exact) mass is 394 g/mol. The lowest BCUT2D eigenvalue weighted by Gasteiger charge is -2.24. The number of carbonyl (C=O) groups excluding carboxylic acids is 2. The van der Waals surface area contributed by atoms with E-state index in [1.54, 1.807) is 65.8 Å². The molecule has 0 aromatic heterocycles. The van der Waals surface area contributed by atoms with Crippen LogP contribution in [0.15, 0.2) is 24.3 Å². The molecule has 1 aromatic carbocycles. The van der Waals surface area contributed by atoms with Gasteiger partial charge in [0.15, 0.2) is 0 Å². The predicted octanol–water partition coefficient (Wildman–Crippen LogP) is 2.94. The van der Waals surface area contributed by atoms with E-state index in [0.717, 1.165) is 5.56 Å². The fourth-order valence-electron chi connectivity index (χ4n) is 2.42. The lowest BCUT2D eigenvalue weighted by molar-refractivity contribution is -0.157. The smallest absolute Gasteiger partial charge is 0.460 e. The Bertz CT molecular complexity index is 581. The Balaban J connectivity index is 0.00000352. The van der Waals surface area contributed by atoms with Gasteiger partial charge in [-0.1, -0.05) is 38.1 Å². The number of benzene rings is 1. The highest BCUT2D eigenvalue weighted by molar-refractivity contribution is 6.58. The van der Waals surface area contributed by atoms with Gasteiger partial charge in [-0.25, -0.2) is 0 Å². The van der Waals surface area contributed by atoms with Gasteiger partial charge in [-0.2, -0.15) is 0 Å². The van der Waals surface area contributed by atoms with Gasteiger partial charge >= 0.3 is 19.1 Å². The first-order valence-corrected chi connectivity index (χ1v) is 9.66. The highest BCUT2D eigenvalue weighted by Crippen LogP contribution is 2.26. The molecule has 0 spiro atoms. The molecule has 0 unspecified atom stereocenters. The van der Waals surface area contributed by atoms with Crippen LogP contribution < -0.4 is 5.46 Å². The van der Waals surface area contributed by atoms with Crippen LogP contribution in [0.5, 0.6) is 0 Å². The molecule has 1 rings (SSSR count). The standard InChI is InChI=1S/C19H29BO6.C2H6/c1-18(2,3)25-16(21)11-14(12-17(22)26-19(4,5)6)13-7-9-15(10-8-13)20(23)24;1-2/h7-10,14,23-24H,11-12H2,1-6H3;1-2H3. The van der Waals surface area contributed by atoms with Crippen LogP contribution in [-0.4, -0.2) is 40.3 Å². The highest BCUT2D eigenvalue weighted by atomic mass is 16.6. The predicted molar refractivity (Wildman–Crippen MR) is 111 cm³/mol. The first-order chi connectivity index (χ1) is 12.8.